The van der Waals surface area contributed by atoms with Crippen LogP contribution in [0, 0.1) is 19.8 Å². The molecule has 1 atom stereocenters. The molecule has 1 unspecified atom stereocenters. The Morgan fingerprint density at radius 1 is 1.24 bits per heavy atom. The van der Waals surface area contributed by atoms with Gasteiger partial charge in [-0.2, -0.15) is 13.2 Å². The van der Waals surface area contributed by atoms with Crippen LogP contribution in [-0.4, -0.2) is 37.3 Å². The number of aryl methyl sites for hydroxylation is 2. The molecule has 21 heavy (non-hydrogen) atoms. The van der Waals surface area contributed by atoms with Crippen LogP contribution in [0.3, 0.4) is 0 Å². The van der Waals surface area contributed by atoms with Crippen molar-refractivity contribution in [2.45, 2.75) is 33.0 Å². The lowest BCUT2D eigenvalue weighted by molar-refractivity contribution is -0.143. The SMILES string of the molecule is Cc1cccc(C)c1CNCC1CCN(CC(F)(F)F)C1. The van der Waals surface area contributed by atoms with E-state index >= 15 is 0 Å². The molecule has 0 bridgehead atoms. The average Bonchev–Trinajstić information content (AvgIpc) is 2.78. The smallest absolute Gasteiger partial charge is 0.312 e. The highest BCUT2D eigenvalue weighted by molar-refractivity contribution is 5.33. The fourth-order valence-corrected chi connectivity index (χ4v) is 3.01. The van der Waals surface area contributed by atoms with Crippen LogP contribution in [0.5, 0.6) is 0 Å². The number of nitrogens with one attached hydrogen (secondary N) is 1. The summed E-state index contributed by atoms with van der Waals surface area (Å²) in [6.07, 6.45) is -3.24. The second-order valence-electron chi connectivity index (χ2n) is 6.01. The maximum atomic E-state index is 12.3. The normalized spacial score (nSPS) is 20.1. The second-order valence-corrected chi connectivity index (χ2v) is 6.01. The molecule has 1 N–H and O–H groups in total. The molecule has 0 spiro atoms. The Balaban J connectivity index is 1.75. The van der Waals surface area contributed by atoms with Crippen LogP contribution in [0.2, 0.25) is 0 Å². The van der Waals surface area contributed by atoms with Gasteiger partial charge < -0.3 is 5.32 Å². The van der Waals surface area contributed by atoms with Crippen LogP contribution in [0.25, 0.3) is 0 Å². The molecule has 0 amide bonds. The van der Waals surface area contributed by atoms with E-state index in [1.165, 1.54) is 21.6 Å². The van der Waals surface area contributed by atoms with Crippen molar-refractivity contribution in [3.63, 3.8) is 0 Å². The van der Waals surface area contributed by atoms with Crippen LogP contribution >= 0.6 is 0 Å². The Kier molecular flexibility index (Phi) is 5.27. The number of alkyl halides is 3. The molecule has 1 heterocycles. The number of rotatable bonds is 5. The van der Waals surface area contributed by atoms with Gasteiger partial charge in [0.15, 0.2) is 0 Å². The minimum absolute atomic E-state index is 0.316. The molecule has 1 fully saturated rings. The van der Waals surface area contributed by atoms with Gasteiger partial charge in [-0.05, 0) is 56.0 Å². The maximum Gasteiger partial charge on any atom is 0.401 e. The quantitative estimate of drug-likeness (QED) is 0.898. The fourth-order valence-electron chi connectivity index (χ4n) is 3.01. The molecule has 118 valence electrons. The number of halogens is 3. The summed E-state index contributed by atoms with van der Waals surface area (Å²) in [6, 6.07) is 6.22. The number of nitrogens with zero attached hydrogens (tertiary/aromatic N) is 1. The predicted octanol–water partition coefficient (Wildman–Crippen LogP) is 3.28. The molecular formula is C16H23F3N2. The lowest BCUT2D eigenvalue weighted by Crippen LogP contribution is -2.33. The van der Waals surface area contributed by atoms with Gasteiger partial charge in [0.25, 0.3) is 0 Å². The Morgan fingerprint density at radius 2 is 1.90 bits per heavy atom. The zero-order valence-corrected chi connectivity index (χ0v) is 12.6. The topological polar surface area (TPSA) is 15.3 Å². The number of hydrogen-bond donors (Lipinski definition) is 1. The van der Waals surface area contributed by atoms with Crippen molar-refractivity contribution in [3.8, 4) is 0 Å². The Morgan fingerprint density at radius 3 is 2.52 bits per heavy atom. The highest BCUT2D eigenvalue weighted by Gasteiger charge is 2.34. The number of likely N-dealkylation sites (tertiary alicyclic amines) is 1. The first-order chi connectivity index (χ1) is 9.85. The highest BCUT2D eigenvalue weighted by Crippen LogP contribution is 2.22. The molecule has 0 aromatic heterocycles. The molecule has 0 saturated carbocycles. The van der Waals surface area contributed by atoms with Crippen molar-refractivity contribution < 1.29 is 13.2 Å². The molecule has 0 radical (unpaired) electrons. The molecule has 1 aromatic rings. The molecule has 5 heteroatoms. The molecule has 1 aliphatic heterocycles. The average molecular weight is 300 g/mol. The Hall–Kier alpha value is -1.07. The minimum Gasteiger partial charge on any atom is -0.312 e. The van der Waals surface area contributed by atoms with Gasteiger partial charge in [0.2, 0.25) is 0 Å². The summed E-state index contributed by atoms with van der Waals surface area (Å²) in [4.78, 5) is 1.51. The Labute approximate surface area is 124 Å². The van der Waals surface area contributed by atoms with E-state index < -0.39 is 12.7 Å². The van der Waals surface area contributed by atoms with Gasteiger partial charge in [-0.15, -0.1) is 0 Å². The van der Waals surface area contributed by atoms with Crippen molar-refractivity contribution in [2.24, 2.45) is 5.92 Å². The molecule has 1 aliphatic rings. The van der Waals surface area contributed by atoms with Crippen LogP contribution < -0.4 is 5.32 Å². The zero-order valence-electron chi connectivity index (χ0n) is 12.6. The van der Waals surface area contributed by atoms with E-state index in [-0.39, 0.29) is 0 Å². The standard InChI is InChI=1S/C16H23F3N2/c1-12-4-3-5-13(2)15(12)9-20-8-14-6-7-21(10-14)11-16(17,18)19/h3-5,14,20H,6-11H2,1-2H3. The summed E-state index contributed by atoms with van der Waals surface area (Å²) < 4.78 is 37.0. The van der Waals surface area contributed by atoms with E-state index in [2.05, 4.69) is 31.3 Å². The van der Waals surface area contributed by atoms with Crippen LogP contribution in [0.15, 0.2) is 18.2 Å². The third kappa shape index (κ3) is 5.00. The van der Waals surface area contributed by atoms with Gasteiger partial charge in [0.05, 0.1) is 6.54 Å². The van der Waals surface area contributed by atoms with Gasteiger partial charge >= 0.3 is 6.18 Å². The summed E-state index contributed by atoms with van der Waals surface area (Å²) in [7, 11) is 0. The van der Waals surface area contributed by atoms with Gasteiger partial charge in [-0.1, -0.05) is 18.2 Å². The molecule has 0 aliphatic carbocycles. The Bertz CT molecular complexity index is 451. The number of benzene rings is 1. The van der Waals surface area contributed by atoms with Gasteiger partial charge in [-0.25, -0.2) is 0 Å². The largest absolute Gasteiger partial charge is 0.401 e. The van der Waals surface area contributed by atoms with Crippen molar-refractivity contribution in [3.05, 3.63) is 34.9 Å². The van der Waals surface area contributed by atoms with E-state index in [4.69, 9.17) is 0 Å². The molecular weight excluding hydrogens is 277 g/mol. The van der Waals surface area contributed by atoms with Crippen molar-refractivity contribution >= 4 is 0 Å². The first-order valence-corrected chi connectivity index (χ1v) is 7.40. The van der Waals surface area contributed by atoms with E-state index in [0.29, 0.717) is 19.0 Å². The van der Waals surface area contributed by atoms with Crippen molar-refractivity contribution in [1.29, 1.82) is 0 Å². The molecule has 2 nitrogen and oxygen atoms in total. The summed E-state index contributed by atoms with van der Waals surface area (Å²) in [5.41, 5.74) is 3.81. The second kappa shape index (κ2) is 6.79. The predicted molar refractivity (Wildman–Crippen MR) is 78.2 cm³/mol. The summed E-state index contributed by atoms with van der Waals surface area (Å²) in [5.74, 6) is 0.316. The van der Waals surface area contributed by atoms with E-state index in [9.17, 15) is 13.2 Å². The third-order valence-corrected chi connectivity index (χ3v) is 4.15. The third-order valence-electron chi connectivity index (χ3n) is 4.15. The summed E-state index contributed by atoms with van der Waals surface area (Å²) in [5, 5.41) is 3.40. The van der Waals surface area contributed by atoms with Gasteiger partial charge in [0.1, 0.15) is 0 Å². The first-order valence-electron chi connectivity index (χ1n) is 7.40. The van der Waals surface area contributed by atoms with Crippen LogP contribution in [-0.2, 0) is 6.54 Å². The minimum atomic E-state index is -4.08. The summed E-state index contributed by atoms with van der Waals surface area (Å²) in [6.45, 7) is 6.06. The summed E-state index contributed by atoms with van der Waals surface area (Å²) >= 11 is 0. The van der Waals surface area contributed by atoms with Crippen molar-refractivity contribution in [1.82, 2.24) is 10.2 Å². The van der Waals surface area contributed by atoms with E-state index in [1.807, 2.05) is 6.07 Å². The highest BCUT2D eigenvalue weighted by atomic mass is 19.4. The van der Waals surface area contributed by atoms with Gasteiger partial charge in [-0.3, -0.25) is 4.90 Å². The first kappa shape index (κ1) is 16.3. The monoisotopic (exact) mass is 300 g/mol. The van der Waals surface area contributed by atoms with Crippen LogP contribution in [0.4, 0.5) is 13.2 Å². The molecule has 1 saturated heterocycles. The van der Waals surface area contributed by atoms with E-state index in [0.717, 1.165) is 19.5 Å². The molecule has 1 aromatic carbocycles. The lowest BCUT2D eigenvalue weighted by atomic mass is 10.0. The maximum absolute atomic E-state index is 12.3. The van der Waals surface area contributed by atoms with Crippen molar-refractivity contribution in [2.75, 3.05) is 26.2 Å². The lowest BCUT2D eigenvalue weighted by Gasteiger charge is -2.18. The fraction of sp³-hybridized carbons (Fsp3) is 0.625. The number of hydrogen-bond acceptors (Lipinski definition) is 2. The van der Waals surface area contributed by atoms with Crippen LogP contribution in [0.1, 0.15) is 23.1 Å². The molecule has 2 rings (SSSR count). The van der Waals surface area contributed by atoms with Gasteiger partial charge in [0, 0.05) is 13.1 Å². The van der Waals surface area contributed by atoms with E-state index in [1.54, 1.807) is 0 Å². The zero-order chi connectivity index (χ0) is 15.5.